The first-order chi connectivity index (χ1) is 6.13. The second kappa shape index (κ2) is 4.55. The lowest BCUT2D eigenvalue weighted by Gasteiger charge is -2.13. The standard InChI is InChI=1S/C8H17N3O2/c1-2-13-8(12)5-11-3-6(9)7(10)4-11/h6-7H,2-5,9-10H2,1H3. The molecule has 0 aliphatic carbocycles. The highest BCUT2D eigenvalue weighted by molar-refractivity contribution is 5.71. The first-order valence-electron chi connectivity index (χ1n) is 4.52. The van der Waals surface area contributed by atoms with Crippen LogP contribution in [-0.2, 0) is 9.53 Å². The van der Waals surface area contributed by atoms with Gasteiger partial charge in [0.05, 0.1) is 13.2 Å². The molecule has 4 N–H and O–H groups in total. The average Bonchev–Trinajstić information content (AvgIpc) is 2.31. The van der Waals surface area contributed by atoms with Gasteiger partial charge in [-0.3, -0.25) is 9.69 Å². The van der Waals surface area contributed by atoms with Gasteiger partial charge < -0.3 is 16.2 Å². The summed E-state index contributed by atoms with van der Waals surface area (Å²) < 4.78 is 4.81. The van der Waals surface area contributed by atoms with Gasteiger partial charge in [-0.05, 0) is 6.92 Å². The summed E-state index contributed by atoms with van der Waals surface area (Å²) in [5.41, 5.74) is 11.4. The fourth-order valence-electron chi connectivity index (χ4n) is 1.46. The molecular weight excluding hydrogens is 170 g/mol. The van der Waals surface area contributed by atoms with Crippen LogP contribution in [-0.4, -0.2) is 49.2 Å². The molecule has 1 rings (SSSR count). The van der Waals surface area contributed by atoms with Gasteiger partial charge in [-0.2, -0.15) is 0 Å². The fourth-order valence-corrected chi connectivity index (χ4v) is 1.46. The maximum absolute atomic E-state index is 11.1. The third-order valence-electron chi connectivity index (χ3n) is 2.15. The second-order valence-electron chi connectivity index (χ2n) is 3.33. The smallest absolute Gasteiger partial charge is 0.320 e. The number of ether oxygens (including phenoxy) is 1. The molecule has 1 aliphatic rings. The van der Waals surface area contributed by atoms with Gasteiger partial charge in [0.2, 0.25) is 0 Å². The lowest BCUT2D eigenvalue weighted by Crippen LogP contribution is -2.39. The molecule has 0 aromatic carbocycles. The minimum Gasteiger partial charge on any atom is -0.465 e. The van der Waals surface area contributed by atoms with Crippen molar-refractivity contribution in [1.29, 1.82) is 0 Å². The lowest BCUT2D eigenvalue weighted by atomic mass is 10.2. The van der Waals surface area contributed by atoms with Crippen LogP contribution in [0.5, 0.6) is 0 Å². The van der Waals surface area contributed by atoms with E-state index in [-0.39, 0.29) is 18.1 Å². The van der Waals surface area contributed by atoms with Crippen molar-refractivity contribution in [2.75, 3.05) is 26.2 Å². The highest BCUT2D eigenvalue weighted by Gasteiger charge is 2.28. The Morgan fingerprint density at radius 1 is 1.46 bits per heavy atom. The Morgan fingerprint density at radius 3 is 2.46 bits per heavy atom. The van der Waals surface area contributed by atoms with Crippen LogP contribution < -0.4 is 11.5 Å². The van der Waals surface area contributed by atoms with Crippen molar-refractivity contribution in [2.24, 2.45) is 11.5 Å². The topological polar surface area (TPSA) is 81.6 Å². The van der Waals surface area contributed by atoms with Gasteiger partial charge in [0.1, 0.15) is 0 Å². The SMILES string of the molecule is CCOC(=O)CN1CC(N)C(N)C1. The van der Waals surface area contributed by atoms with Crippen molar-refractivity contribution in [1.82, 2.24) is 4.90 Å². The van der Waals surface area contributed by atoms with Gasteiger partial charge in [0.15, 0.2) is 0 Å². The van der Waals surface area contributed by atoms with Crippen molar-refractivity contribution >= 4 is 5.97 Å². The highest BCUT2D eigenvalue weighted by atomic mass is 16.5. The zero-order valence-electron chi connectivity index (χ0n) is 7.90. The van der Waals surface area contributed by atoms with E-state index >= 15 is 0 Å². The number of hydrogen-bond acceptors (Lipinski definition) is 5. The van der Waals surface area contributed by atoms with Crippen molar-refractivity contribution in [3.63, 3.8) is 0 Å². The highest BCUT2D eigenvalue weighted by Crippen LogP contribution is 2.05. The van der Waals surface area contributed by atoms with E-state index < -0.39 is 0 Å². The fraction of sp³-hybridized carbons (Fsp3) is 0.875. The molecule has 0 bridgehead atoms. The normalized spacial score (nSPS) is 29.2. The Balaban J connectivity index is 2.27. The summed E-state index contributed by atoms with van der Waals surface area (Å²) in [5.74, 6) is -0.205. The Labute approximate surface area is 78.0 Å². The van der Waals surface area contributed by atoms with Gasteiger partial charge in [0.25, 0.3) is 0 Å². The third-order valence-corrected chi connectivity index (χ3v) is 2.15. The van der Waals surface area contributed by atoms with Crippen molar-refractivity contribution in [3.8, 4) is 0 Å². The van der Waals surface area contributed by atoms with Crippen molar-refractivity contribution < 1.29 is 9.53 Å². The van der Waals surface area contributed by atoms with E-state index in [0.29, 0.717) is 26.2 Å². The summed E-state index contributed by atoms with van der Waals surface area (Å²) in [4.78, 5) is 13.0. The molecule has 1 fully saturated rings. The van der Waals surface area contributed by atoms with E-state index in [0.717, 1.165) is 0 Å². The molecule has 76 valence electrons. The molecule has 2 atom stereocenters. The minimum atomic E-state index is -0.205. The number of likely N-dealkylation sites (tertiary alicyclic amines) is 1. The van der Waals surface area contributed by atoms with Gasteiger partial charge >= 0.3 is 5.97 Å². The molecule has 5 nitrogen and oxygen atoms in total. The van der Waals surface area contributed by atoms with Crippen molar-refractivity contribution in [3.05, 3.63) is 0 Å². The average molecular weight is 187 g/mol. The Bertz CT molecular complexity index is 176. The van der Waals surface area contributed by atoms with Crippen molar-refractivity contribution in [2.45, 2.75) is 19.0 Å². The zero-order chi connectivity index (χ0) is 9.84. The number of hydrogen-bond donors (Lipinski definition) is 2. The predicted octanol–water partition coefficient (Wildman–Crippen LogP) is -1.48. The molecule has 0 saturated carbocycles. The summed E-state index contributed by atoms with van der Waals surface area (Å²) in [6.45, 7) is 3.87. The molecule has 1 aliphatic heterocycles. The summed E-state index contributed by atoms with van der Waals surface area (Å²) in [6.07, 6.45) is 0. The third kappa shape index (κ3) is 2.95. The lowest BCUT2D eigenvalue weighted by molar-refractivity contribution is -0.144. The second-order valence-corrected chi connectivity index (χ2v) is 3.33. The quantitative estimate of drug-likeness (QED) is 0.527. The number of nitrogens with zero attached hydrogens (tertiary/aromatic N) is 1. The molecule has 1 saturated heterocycles. The summed E-state index contributed by atoms with van der Waals surface area (Å²) in [7, 11) is 0. The molecule has 2 unspecified atom stereocenters. The Kier molecular flexibility index (Phi) is 3.65. The maximum Gasteiger partial charge on any atom is 0.320 e. The van der Waals surface area contributed by atoms with E-state index in [1.807, 2.05) is 4.90 Å². The van der Waals surface area contributed by atoms with E-state index in [1.54, 1.807) is 6.92 Å². The van der Waals surface area contributed by atoms with Crippen LogP contribution in [0.2, 0.25) is 0 Å². The van der Waals surface area contributed by atoms with Crippen LogP contribution in [0.1, 0.15) is 6.92 Å². The van der Waals surface area contributed by atoms with Crippen LogP contribution >= 0.6 is 0 Å². The predicted molar refractivity (Wildman–Crippen MR) is 49.0 cm³/mol. The molecule has 5 heteroatoms. The largest absolute Gasteiger partial charge is 0.465 e. The monoisotopic (exact) mass is 187 g/mol. The van der Waals surface area contributed by atoms with E-state index in [1.165, 1.54) is 0 Å². The summed E-state index contributed by atoms with van der Waals surface area (Å²) in [5, 5.41) is 0. The van der Waals surface area contributed by atoms with Crippen LogP contribution in [0, 0.1) is 0 Å². The molecule has 0 aromatic heterocycles. The van der Waals surface area contributed by atoms with Crippen LogP contribution in [0.15, 0.2) is 0 Å². The first kappa shape index (κ1) is 10.4. The number of carbonyl (C=O) groups excluding carboxylic acids is 1. The maximum atomic E-state index is 11.1. The van der Waals surface area contributed by atoms with Crippen LogP contribution in [0.25, 0.3) is 0 Å². The van der Waals surface area contributed by atoms with Gasteiger partial charge in [-0.25, -0.2) is 0 Å². The molecule has 0 amide bonds. The zero-order valence-corrected chi connectivity index (χ0v) is 7.90. The van der Waals surface area contributed by atoms with E-state index in [4.69, 9.17) is 16.2 Å². The van der Waals surface area contributed by atoms with E-state index in [9.17, 15) is 4.79 Å². The van der Waals surface area contributed by atoms with Gasteiger partial charge in [0, 0.05) is 25.2 Å². The summed E-state index contributed by atoms with van der Waals surface area (Å²) in [6, 6.07) is -0.0381. The molecule has 0 aromatic rings. The molecular formula is C8H17N3O2. The number of carbonyl (C=O) groups is 1. The first-order valence-corrected chi connectivity index (χ1v) is 4.52. The molecule has 1 heterocycles. The van der Waals surface area contributed by atoms with Gasteiger partial charge in [-0.1, -0.05) is 0 Å². The molecule has 0 spiro atoms. The number of nitrogens with two attached hydrogens (primary N) is 2. The number of rotatable bonds is 3. The van der Waals surface area contributed by atoms with Gasteiger partial charge in [-0.15, -0.1) is 0 Å². The van der Waals surface area contributed by atoms with Crippen LogP contribution in [0.3, 0.4) is 0 Å². The van der Waals surface area contributed by atoms with Crippen LogP contribution in [0.4, 0.5) is 0 Å². The minimum absolute atomic E-state index is 0.0190. The molecule has 0 radical (unpaired) electrons. The Hall–Kier alpha value is -0.650. The number of esters is 1. The Morgan fingerprint density at radius 2 is 2.00 bits per heavy atom. The van der Waals surface area contributed by atoms with E-state index in [2.05, 4.69) is 0 Å². The summed E-state index contributed by atoms with van der Waals surface area (Å²) >= 11 is 0. The molecule has 13 heavy (non-hydrogen) atoms.